The molecule has 0 saturated carbocycles. The second-order valence-electron chi connectivity index (χ2n) is 5.32. The molecule has 0 amide bonds. The van der Waals surface area contributed by atoms with Crippen LogP contribution in [0, 0.1) is 0 Å². The van der Waals surface area contributed by atoms with E-state index in [1.54, 1.807) is 34.8 Å². The molecule has 0 unspecified atom stereocenters. The number of aromatic nitrogens is 2. The quantitative estimate of drug-likeness (QED) is 0.923. The summed E-state index contributed by atoms with van der Waals surface area (Å²) < 4.78 is 27.4. The van der Waals surface area contributed by atoms with Crippen molar-refractivity contribution >= 4 is 21.6 Å². The summed E-state index contributed by atoms with van der Waals surface area (Å²) in [6, 6.07) is 5.90. The number of nitrogens with zero attached hydrogens (tertiary/aromatic N) is 2. The van der Waals surface area contributed by atoms with Gasteiger partial charge in [0.15, 0.2) is 0 Å². The van der Waals surface area contributed by atoms with Crippen LogP contribution in [-0.2, 0) is 16.4 Å². The topological polar surface area (TPSA) is 66.1 Å². The minimum atomic E-state index is -3.56. The van der Waals surface area contributed by atoms with Crippen molar-refractivity contribution in [2.24, 2.45) is 0 Å². The largest absolute Gasteiger partial charge is 0.282 e. The van der Waals surface area contributed by atoms with Crippen molar-refractivity contribution < 1.29 is 8.42 Å². The number of sulfonamides is 1. The maximum atomic E-state index is 12.9. The van der Waals surface area contributed by atoms with Crippen LogP contribution >= 0.6 is 11.6 Å². The Bertz CT molecular complexity index is 755. The van der Waals surface area contributed by atoms with Crippen molar-refractivity contribution in [3.63, 3.8) is 0 Å². The molecular formula is C14H16ClN3O2S. The number of rotatable bonds is 2. The van der Waals surface area contributed by atoms with Crippen molar-refractivity contribution in [3.05, 3.63) is 46.7 Å². The van der Waals surface area contributed by atoms with E-state index in [1.165, 1.54) is 0 Å². The molecule has 0 spiro atoms. The van der Waals surface area contributed by atoms with Gasteiger partial charge in [-0.3, -0.25) is 5.10 Å². The van der Waals surface area contributed by atoms with Crippen molar-refractivity contribution in [1.82, 2.24) is 14.5 Å². The number of fused-ring (bicyclic) bond motifs is 1. The first-order valence-corrected chi connectivity index (χ1v) is 8.54. The van der Waals surface area contributed by atoms with Crippen LogP contribution in [0.4, 0.5) is 0 Å². The Kier molecular flexibility index (Phi) is 3.55. The molecule has 21 heavy (non-hydrogen) atoms. The highest BCUT2D eigenvalue weighted by Gasteiger charge is 2.39. The van der Waals surface area contributed by atoms with Crippen LogP contribution in [0.5, 0.6) is 0 Å². The minimum Gasteiger partial charge on any atom is -0.282 e. The zero-order valence-corrected chi connectivity index (χ0v) is 13.3. The summed E-state index contributed by atoms with van der Waals surface area (Å²) in [5, 5.41) is 7.49. The average molecular weight is 326 g/mol. The Morgan fingerprint density at radius 2 is 1.95 bits per heavy atom. The Hall–Kier alpha value is -1.37. The summed E-state index contributed by atoms with van der Waals surface area (Å²) >= 11 is 5.84. The Morgan fingerprint density at radius 1 is 1.29 bits per heavy atom. The molecule has 2 atom stereocenters. The molecule has 7 heteroatoms. The molecule has 0 radical (unpaired) electrons. The monoisotopic (exact) mass is 325 g/mol. The summed E-state index contributed by atoms with van der Waals surface area (Å²) in [4.78, 5) is 0.262. The van der Waals surface area contributed by atoms with E-state index in [2.05, 4.69) is 10.2 Å². The molecule has 0 saturated heterocycles. The predicted octanol–water partition coefficient (Wildman–Crippen LogP) is 2.76. The normalized spacial score (nSPS) is 23.0. The standard InChI is InChI=1S/C14H16ClN3O2S/c1-9-7-14-13(8-16-17-14)10(2)18(9)21(19,20)12-5-3-11(15)4-6-12/h3-6,8-10H,7H2,1-2H3,(H,16,17)/t9-,10-/m1/s1. The van der Waals surface area contributed by atoms with Gasteiger partial charge in [-0.15, -0.1) is 0 Å². The van der Waals surface area contributed by atoms with Gasteiger partial charge in [0.05, 0.1) is 17.1 Å². The SMILES string of the molecule is C[C@@H]1Cc2[nH]ncc2[C@@H](C)N1S(=O)(=O)c1ccc(Cl)cc1. The zero-order valence-electron chi connectivity index (χ0n) is 11.7. The third-order valence-electron chi connectivity index (χ3n) is 3.91. The van der Waals surface area contributed by atoms with Crippen molar-refractivity contribution in [2.75, 3.05) is 0 Å². The molecule has 3 rings (SSSR count). The van der Waals surface area contributed by atoms with Crippen LogP contribution in [0.1, 0.15) is 31.1 Å². The van der Waals surface area contributed by atoms with Crippen LogP contribution in [-0.4, -0.2) is 29.0 Å². The van der Waals surface area contributed by atoms with Gasteiger partial charge in [0.2, 0.25) is 10.0 Å². The minimum absolute atomic E-state index is 0.131. The third-order valence-corrected chi connectivity index (χ3v) is 6.26. The lowest BCUT2D eigenvalue weighted by Gasteiger charge is -2.37. The van der Waals surface area contributed by atoms with E-state index in [9.17, 15) is 8.42 Å². The molecule has 1 aliphatic heterocycles. The highest BCUT2D eigenvalue weighted by atomic mass is 35.5. The van der Waals surface area contributed by atoms with Crippen molar-refractivity contribution in [2.45, 2.75) is 37.2 Å². The molecule has 112 valence electrons. The lowest BCUT2D eigenvalue weighted by molar-refractivity contribution is 0.255. The van der Waals surface area contributed by atoms with E-state index < -0.39 is 10.0 Å². The number of aromatic amines is 1. The second kappa shape index (κ2) is 5.12. The van der Waals surface area contributed by atoms with E-state index in [-0.39, 0.29) is 17.0 Å². The van der Waals surface area contributed by atoms with Gasteiger partial charge in [0, 0.05) is 28.7 Å². The first-order valence-electron chi connectivity index (χ1n) is 6.72. The van der Waals surface area contributed by atoms with Crippen LogP contribution in [0.15, 0.2) is 35.4 Å². The molecule has 0 fully saturated rings. The molecule has 5 nitrogen and oxygen atoms in total. The van der Waals surface area contributed by atoms with Crippen LogP contribution in [0.25, 0.3) is 0 Å². The summed E-state index contributed by atoms with van der Waals surface area (Å²) in [7, 11) is -3.56. The smallest absolute Gasteiger partial charge is 0.243 e. The van der Waals surface area contributed by atoms with Crippen molar-refractivity contribution in [1.29, 1.82) is 0 Å². The summed E-state index contributed by atoms with van der Waals surface area (Å²) in [5.41, 5.74) is 1.95. The van der Waals surface area contributed by atoms with Crippen LogP contribution < -0.4 is 0 Å². The van der Waals surface area contributed by atoms with E-state index >= 15 is 0 Å². The number of hydrogen-bond donors (Lipinski definition) is 1. The maximum Gasteiger partial charge on any atom is 0.243 e. The van der Waals surface area contributed by atoms with Gasteiger partial charge >= 0.3 is 0 Å². The van der Waals surface area contributed by atoms with E-state index in [4.69, 9.17) is 11.6 Å². The fourth-order valence-electron chi connectivity index (χ4n) is 2.92. The summed E-state index contributed by atoms with van der Waals surface area (Å²) in [6.45, 7) is 3.80. The molecule has 1 aromatic carbocycles. The highest BCUT2D eigenvalue weighted by molar-refractivity contribution is 7.89. The number of H-pyrrole nitrogens is 1. The fourth-order valence-corrected chi connectivity index (χ4v) is 4.85. The summed E-state index contributed by atoms with van der Waals surface area (Å²) in [6.07, 6.45) is 2.34. The van der Waals surface area contributed by atoms with E-state index in [0.29, 0.717) is 11.4 Å². The molecule has 0 bridgehead atoms. The van der Waals surface area contributed by atoms with Crippen molar-refractivity contribution in [3.8, 4) is 0 Å². The molecule has 2 heterocycles. The molecule has 2 aromatic rings. The van der Waals surface area contributed by atoms with E-state index in [1.807, 2.05) is 13.8 Å². The van der Waals surface area contributed by atoms with Crippen LogP contribution in [0.3, 0.4) is 0 Å². The lowest BCUT2D eigenvalue weighted by atomic mass is 9.98. The number of benzene rings is 1. The average Bonchev–Trinajstić information content (AvgIpc) is 2.87. The maximum absolute atomic E-state index is 12.9. The van der Waals surface area contributed by atoms with Gasteiger partial charge in [-0.1, -0.05) is 11.6 Å². The van der Waals surface area contributed by atoms with Gasteiger partial charge in [0.1, 0.15) is 0 Å². The Labute approximate surface area is 129 Å². The van der Waals surface area contributed by atoms with Gasteiger partial charge in [-0.25, -0.2) is 8.42 Å². The lowest BCUT2D eigenvalue weighted by Crippen LogP contribution is -2.44. The van der Waals surface area contributed by atoms with Gasteiger partial charge < -0.3 is 0 Å². The fraction of sp³-hybridized carbons (Fsp3) is 0.357. The zero-order chi connectivity index (χ0) is 15.2. The van der Waals surface area contributed by atoms with Gasteiger partial charge in [-0.2, -0.15) is 9.40 Å². The molecular weight excluding hydrogens is 310 g/mol. The van der Waals surface area contributed by atoms with Gasteiger partial charge in [0.25, 0.3) is 0 Å². The predicted molar refractivity (Wildman–Crippen MR) is 80.6 cm³/mol. The second-order valence-corrected chi connectivity index (χ2v) is 7.60. The molecule has 1 aromatic heterocycles. The van der Waals surface area contributed by atoms with Gasteiger partial charge in [-0.05, 0) is 38.1 Å². The van der Waals surface area contributed by atoms with E-state index in [0.717, 1.165) is 11.3 Å². The first-order chi connectivity index (χ1) is 9.91. The molecule has 1 N–H and O–H groups in total. The molecule has 0 aliphatic carbocycles. The third kappa shape index (κ3) is 2.37. The Morgan fingerprint density at radius 3 is 2.62 bits per heavy atom. The number of hydrogen-bond acceptors (Lipinski definition) is 3. The highest BCUT2D eigenvalue weighted by Crippen LogP contribution is 2.36. The first kappa shape index (κ1) is 14.6. The Balaban J connectivity index is 2.05. The number of nitrogens with one attached hydrogen (secondary N) is 1. The molecule has 1 aliphatic rings. The van der Waals surface area contributed by atoms with Crippen LogP contribution in [0.2, 0.25) is 5.02 Å². The summed E-state index contributed by atoms with van der Waals surface area (Å²) in [5.74, 6) is 0. The number of halogens is 1.